The van der Waals surface area contributed by atoms with Gasteiger partial charge in [0.25, 0.3) is 5.70 Å². The number of anilines is 2. The van der Waals surface area contributed by atoms with Crippen molar-refractivity contribution in [1.29, 1.82) is 0 Å². The zero-order valence-electron chi connectivity index (χ0n) is 29.1. The average molecular weight is 727 g/mol. The first-order chi connectivity index (χ1) is 24.2. The summed E-state index contributed by atoms with van der Waals surface area (Å²) in [5, 5.41) is 3.86. The van der Waals surface area contributed by atoms with Crippen LogP contribution in [0.4, 0.5) is 15.7 Å². The highest BCUT2D eigenvalue weighted by atomic mass is 32.1. The molecule has 51 heavy (non-hydrogen) atoms. The maximum Gasteiger partial charge on any atom is 0.407 e. The number of alkyl carbamates (subject to hydrolysis) is 1. The smallest absolute Gasteiger partial charge is 0.407 e. The summed E-state index contributed by atoms with van der Waals surface area (Å²) < 4.78 is 16.7. The minimum Gasteiger partial charge on any atom is -0.471 e. The molecule has 1 aromatic carbocycles. The number of nitrogens with one attached hydrogen (secondary N) is 2. The Labute approximate surface area is 303 Å². The lowest BCUT2D eigenvalue weighted by molar-refractivity contribution is -0.149. The summed E-state index contributed by atoms with van der Waals surface area (Å²) in [5.41, 5.74) is 10.0. The number of carbonyl (C=O) groups is 2. The highest BCUT2D eigenvalue weighted by Gasteiger charge is 2.39. The summed E-state index contributed by atoms with van der Waals surface area (Å²) in [7, 11) is 1.98. The van der Waals surface area contributed by atoms with Gasteiger partial charge in [-0.3, -0.25) is 4.79 Å². The van der Waals surface area contributed by atoms with E-state index in [2.05, 4.69) is 61.0 Å². The molecule has 4 N–H and O–H groups in total. The van der Waals surface area contributed by atoms with E-state index < -0.39 is 17.7 Å². The zero-order valence-corrected chi connectivity index (χ0v) is 30.8. The number of ether oxygens (including phenoxy) is 3. The molecule has 0 saturated heterocycles. The van der Waals surface area contributed by atoms with Crippen molar-refractivity contribution in [2.75, 3.05) is 30.8 Å². The second-order valence-corrected chi connectivity index (χ2v) is 15.6. The van der Waals surface area contributed by atoms with Crippen molar-refractivity contribution >= 4 is 62.9 Å². The van der Waals surface area contributed by atoms with Gasteiger partial charge in [-0.1, -0.05) is 38.1 Å². The number of carbonyl (C=O) groups excluding carboxylic acids is 2. The van der Waals surface area contributed by atoms with Gasteiger partial charge in [0.05, 0.1) is 29.3 Å². The van der Waals surface area contributed by atoms with Crippen LogP contribution in [0.5, 0.6) is 5.88 Å². The van der Waals surface area contributed by atoms with Gasteiger partial charge < -0.3 is 35.1 Å². The molecule has 0 bridgehead atoms. The fraction of sp³-hybridized carbons (Fsp3) is 0.333. The van der Waals surface area contributed by atoms with Crippen molar-refractivity contribution in [3.05, 3.63) is 87.0 Å². The maximum atomic E-state index is 12.6. The molecule has 0 aliphatic heterocycles. The molecule has 4 aromatic heterocycles. The SMILES string of the molecule is [C-]#[N+]/C(=C\c1cc2c(s1)-c1sc(N(C)CCOC(=O)NCc3ccc(COc4nc(N)nc5nc[nH]c45)cc3)cc1C2(C)C)C(=O)OC(C)(C)C. The van der Waals surface area contributed by atoms with E-state index in [1.807, 2.05) is 31.3 Å². The Kier molecular flexibility index (Phi) is 9.74. The first kappa shape index (κ1) is 35.4. The highest BCUT2D eigenvalue weighted by molar-refractivity contribution is 7.25. The Morgan fingerprint density at radius 2 is 1.80 bits per heavy atom. The standard InChI is InChI=1S/C36H38N8O5S2/c1-35(2,3)49-32(45)25(38-6)15-22-14-23-28(50-22)29-24(36(23,4)5)16-26(51-29)44(7)12-13-47-34(46)39-17-20-8-10-21(11-9-20)18-48-31-27-30(41-19-40-27)42-33(37)43-31/h8-11,14-16,19H,12-13,17-18H2,1-5,7H3,(H,39,46)(H3,37,40,41,42,43)/b25-15-. The third kappa shape index (κ3) is 7.82. The molecule has 5 aromatic rings. The molecule has 13 nitrogen and oxygen atoms in total. The lowest BCUT2D eigenvalue weighted by Gasteiger charge is -2.20. The van der Waals surface area contributed by atoms with Crippen LogP contribution in [0.25, 0.3) is 31.8 Å². The third-order valence-corrected chi connectivity index (χ3v) is 10.7. The van der Waals surface area contributed by atoms with Crippen LogP contribution in [0.1, 0.15) is 61.7 Å². The van der Waals surface area contributed by atoms with E-state index in [0.29, 0.717) is 30.1 Å². The number of H-pyrrole nitrogens is 1. The number of rotatable bonds is 11. The molecule has 0 spiro atoms. The van der Waals surface area contributed by atoms with Crippen LogP contribution in [0.15, 0.2) is 48.4 Å². The number of imidazole rings is 1. The molecule has 0 atom stereocenters. The number of hydrogen-bond donors (Lipinski definition) is 3. The highest BCUT2D eigenvalue weighted by Crippen LogP contribution is 2.57. The van der Waals surface area contributed by atoms with Crippen molar-refractivity contribution in [2.24, 2.45) is 0 Å². The molecular formula is C36H38N8O5S2. The fourth-order valence-corrected chi connectivity index (χ4v) is 8.22. The van der Waals surface area contributed by atoms with Crippen molar-refractivity contribution < 1.29 is 23.8 Å². The van der Waals surface area contributed by atoms with Crippen LogP contribution in [0.3, 0.4) is 0 Å². The number of hydrogen-bond acceptors (Lipinski definition) is 12. The summed E-state index contributed by atoms with van der Waals surface area (Å²) in [6.45, 7) is 18.5. The van der Waals surface area contributed by atoms with Crippen LogP contribution in [0.2, 0.25) is 0 Å². The summed E-state index contributed by atoms with van der Waals surface area (Å²) in [6.07, 6.45) is 2.63. The number of benzene rings is 1. The van der Waals surface area contributed by atoms with Gasteiger partial charge in [0.15, 0.2) is 5.65 Å². The maximum absolute atomic E-state index is 12.6. The molecule has 264 valence electrons. The molecule has 15 heteroatoms. The Balaban J connectivity index is 0.989. The van der Waals surface area contributed by atoms with E-state index in [0.717, 1.165) is 25.9 Å². The lowest BCUT2D eigenvalue weighted by Crippen LogP contribution is -2.28. The molecule has 1 aliphatic rings. The molecule has 6 rings (SSSR count). The van der Waals surface area contributed by atoms with Crippen LogP contribution in [-0.4, -0.2) is 57.8 Å². The van der Waals surface area contributed by atoms with Gasteiger partial charge in [-0.25, -0.2) is 14.6 Å². The number of likely N-dealkylation sites (N-methyl/N-ethyl adjacent to an activating group) is 1. The van der Waals surface area contributed by atoms with E-state index in [4.69, 9.17) is 26.5 Å². The van der Waals surface area contributed by atoms with Crippen LogP contribution in [-0.2, 0) is 32.8 Å². The van der Waals surface area contributed by atoms with Gasteiger partial charge in [-0.15, -0.1) is 22.7 Å². The molecule has 1 aliphatic carbocycles. The van der Waals surface area contributed by atoms with Crippen LogP contribution in [0, 0.1) is 6.57 Å². The van der Waals surface area contributed by atoms with Gasteiger partial charge in [0.1, 0.15) is 24.3 Å². The largest absolute Gasteiger partial charge is 0.471 e. The van der Waals surface area contributed by atoms with E-state index in [-0.39, 0.29) is 30.3 Å². The molecule has 1 amide bonds. The number of nitrogens with two attached hydrogens (primary N) is 1. The Morgan fingerprint density at radius 1 is 1.10 bits per heavy atom. The van der Waals surface area contributed by atoms with Gasteiger partial charge in [-0.05, 0) is 61.2 Å². The zero-order chi connectivity index (χ0) is 36.5. The Hall–Kier alpha value is -5.46. The van der Waals surface area contributed by atoms with Crippen molar-refractivity contribution in [2.45, 2.75) is 58.8 Å². The number of fused-ring (bicyclic) bond motifs is 4. The summed E-state index contributed by atoms with van der Waals surface area (Å²) >= 11 is 3.25. The molecule has 0 unspecified atom stereocenters. The average Bonchev–Trinajstić information content (AvgIpc) is 3.85. The predicted molar refractivity (Wildman–Crippen MR) is 199 cm³/mol. The molecule has 0 fully saturated rings. The Morgan fingerprint density at radius 3 is 2.53 bits per heavy atom. The third-order valence-electron chi connectivity index (χ3n) is 8.17. The number of esters is 1. The summed E-state index contributed by atoms with van der Waals surface area (Å²) in [5.74, 6) is -0.211. The van der Waals surface area contributed by atoms with Crippen LogP contribution < -0.4 is 20.7 Å². The first-order valence-electron chi connectivity index (χ1n) is 16.1. The van der Waals surface area contributed by atoms with Crippen molar-refractivity contribution in [1.82, 2.24) is 25.3 Å². The fourth-order valence-electron chi connectivity index (χ4n) is 5.50. The molecule has 0 radical (unpaired) electrons. The van der Waals surface area contributed by atoms with Crippen molar-refractivity contribution in [3.8, 4) is 15.6 Å². The Bertz CT molecular complexity index is 2170. The predicted octanol–water partition coefficient (Wildman–Crippen LogP) is 6.91. The van der Waals surface area contributed by atoms with E-state index in [1.165, 1.54) is 22.3 Å². The monoisotopic (exact) mass is 726 g/mol. The number of aromatic amines is 1. The normalized spacial score (nSPS) is 13.3. The van der Waals surface area contributed by atoms with Gasteiger partial charge >= 0.3 is 12.1 Å². The molecule has 0 saturated carbocycles. The van der Waals surface area contributed by atoms with E-state index in [9.17, 15) is 9.59 Å². The van der Waals surface area contributed by atoms with E-state index in [1.54, 1.807) is 49.5 Å². The summed E-state index contributed by atoms with van der Waals surface area (Å²) in [6, 6.07) is 11.9. The van der Waals surface area contributed by atoms with Crippen molar-refractivity contribution in [3.63, 3.8) is 0 Å². The second kappa shape index (κ2) is 14.0. The van der Waals surface area contributed by atoms with Gasteiger partial charge in [-0.2, -0.15) is 9.97 Å². The minimum atomic E-state index is -0.681. The second-order valence-electron chi connectivity index (χ2n) is 13.5. The summed E-state index contributed by atoms with van der Waals surface area (Å²) in [4.78, 5) is 48.9. The number of amides is 1. The van der Waals surface area contributed by atoms with Gasteiger partial charge in [0, 0.05) is 28.8 Å². The number of nitrogens with zero attached hydrogens (tertiary/aromatic N) is 5. The molecule has 4 heterocycles. The lowest BCUT2D eigenvalue weighted by atomic mass is 9.84. The quantitative estimate of drug-likeness (QED) is 0.0741. The van der Waals surface area contributed by atoms with Gasteiger partial charge in [0.2, 0.25) is 11.8 Å². The van der Waals surface area contributed by atoms with Crippen LogP contribution >= 0.6 is 22.7 Å². The number of nitrogen functional groups attached to an aromatic ring is 1. The number of thiophene rings is 2. The molecular weight excluding hydrogens is 689 g/mol. The first-order valence-corrected chi connectivity index (χ1v) is 17.8. The minimum absolute atomic E-state index is 0.0410. The number of aromatic nitrogens is 4. The van der Waals surface area contributed by atoms with E-state index >= 15 is 0 Å². The topological polar surface area (TPSA) is 162 Å².